The highest BCUT2D eigenvalue weighted by Crippen LogP contribution is 2.10. The molecule has 0 atom stereocenters. The second-order valence-corrected chi connectivity index (χ2v) is 3.19. The lowest BCUT2D eigenvalue weighted by atomic mass is 10.3. The van der Waals surface area contributed by atoms with Crippen LogP contribution in [0.15, 0.2) is 23.6 Å². The third-order valence-corrected chi connectivity index (χ3v) is 2.12. The molecule has 0 aromatic carbocycles. The Balaban J connectivity index is 2.40. The molecule has 0 saturated carbocycles. The van der Waals surface area contributed by atoms with Gasteiger partial charge in [0.2, 0.25) is 0 Å². The molecule has 10 heavy (non-hydrogen) atoms. The predicted molar refractivity (Wildman–Crippen MR) is 48.3 cm³/mol. The van der Waals surface area contributed by atoms with Crippen LogP contribution in [0.2, 0.25) is 0 Å². The summed E-state index contributed by atoms with van der Waals surface area (Å²) in [6, 6.07) is 4.22. The van der Waals surface area contributed by atoms with E-state index in [0.717, 1.165) is 0 Å². The molecule has 0 amide bonds. The first-order valence-corrected chi connectivity index (χ1v) is 4.51. The quantitative estimate of drug-likeness (QED) is 0.621. The van der Waals surface area contributed by atoms with Gasteiger partial charge < -0.3 is 0 Å². The SMILES string of the molecule is CCC/C=C/c1cccs1. The van der Waals surface area contributed by atoms with E-state index in [2.05, 4.69) is 36.6 Å². The van der Waals surface area contributed by atoms with Gasteiger partial charge >= 0.3 is 0 Å². The largest absolute Gasteiger partial charge is 0.144 e. The van der Waals surface area contributed by atoms with Crippen LogP contribution < -0.4 is 0 Å². The fourth-order valence-corrected chi connectivity index (χ4v) is 1.40. The molecule has 0 saturated heterocycles. The zero-order chi connectivity index (χ0) is 7.23. The van der Waals surface area contributed by atoms with Gasteiger partial charge in [0, 0.05) is 4.88 Å². The number of rotatable bonds is 3. The van der Waals surface area contributed by atoms with Gasteiger partial charge in [-0.05, 0) is 23.9 Å². The van der Waals surface area contributed by atoms with Gasteiger partial charge in [-0.3, -0.25) is 0 Å². The second kappa shape index (κ2) is 4.29. The third kappa shape index (κ3) is 2.36. The third-order valence-electron chi connectivity index (χ3n) is 1.28. The van der Waals surface area contributed by atoms with Crippen molar-refractivity contribution in [3.8, 4) is 0 Å². The Morgan fingerprint density at radius 1 is 1.60 bits per heavy atom. The van der Waals surface area contributed by atoms with Crippen LogP contribution in [0.5, 0.6) is 0 Å². The maximum Gasteiger partial charge on any atom is 0.0267 e. The molecule has 0 bridgehead atoms. The van der Waals surface area contributed by atoms with Crippen LogP contribution in [0.1, 0.15) is 24.6 Å². The van der Waals surface area contributed by atoms with Crippen LogP contribution in [-0.2, 0) is 0 Å². The Morgan fingerprint density at radius 2 is 2.50 bits per heavy atom. The summed E-state index contributed by atoms with van der Waals surface area (Å²) in [6.45, 7) is 2.19. The molecule has 54 valence electrons. The van der Waals surface area contributed by atoms with Crippen LogP contribution in [0.25, 0.3) is 6.08 Å². The van der Waals surface area contributed by atoms with Crippen molar-refractivity contribution < 1.29 is 0 Å². The minimum absolute atomic E-state index is 1.19. The van der Waals surface area contributed by atoms with Gasteiger partial charge in [0.05, 0.1) is 0 Å². The fourth-order valence-electron chi connectivity index (χ4n) is 0.752. The molecule has 0 nitrogen and oxygen atoms in total. The minimum Gasteiger partial charge on any atom is -0.144 e. The molecule has 0 unspecified atom stereocenters. The zero-order valence-corrected chi connectivity index (χ0v) is 7.03. The van der Waals surface area contributed by atoms with Crippen LogP contribution >= 0.6 is 11.3 Å². The van der Waals surface area contributed by atoms with Crippen LogP contribution in [0.3, 0.4) is 0 Å². The summed E-state index contributed by atoms with van der Waals surface area (Å²) in [6.07, 6.45) is 6.85. The molecular weight excluding hydrogens is 140 g/mol. The first kappa shape index (κ1) is 7.55. The lowest BCUT2D eigenvalue weighted by molar-refractivity contribution is 0.962. The second-order valence-electron chi connectivity index (χ2n) is 2.21. The van der Waals surface area contributed by atoms with Crippen LogP contribution in [0, 0.1) is 0 Å². The smallest absolute Gasteiger partial charge is 0.0267 e. The van der Waals surface area contributed by atoms with Crippen LogP contribution in [0.4, 0.5) is 0 Å². The van der Waals surface area contributed by atoms with E-state index in [1.54, 1.807) is 11.3 Å². The standard InChI is InChI=1S/C9H12S/c1-2-3-4-6-9-7-5-8-10-9/h4-8H,2-3H2,1H3/b6-4+. The topological polar surface area (TPSA) is 0 Å². The van der Waals surface area contributed by atoms with E-state index in [-0.39, 0.29) is 0 Å². The maximum atomic E-state index is 2.23. The average molecular weight is 152 g/mol. The molecule has 0 aliphatic heterocycles. The highest BCUT2D eigenvalue weighted by atomic mass is 32.1. The number of allylic oxidation sites excluding steroid dienone is 1. The van der Waals surface area contributed by atoms with Gasteiger partial charge in [-0.25, -0.2) is 0 Å². The van der Waals surface area contributed by atoms with E-state index in [4.69, 9.17) is 0 Å². The van der Waals surface area contributed by atoms with E-state index in [1.165, 1.54) is 17.7 Å². The van der Waals surface area contributed by atoms with E-state index < -0.39 is 0 Å². The van der Waals surface area contributed by atoms with Crippen molar-refractivity contribution in [2.45, 2.75) is 19.8 Å². The Kier molecular flexibility index (Phi) is 3.23. The van der Waals surface area contributed by atoms with Crippen molar-refractivity contribution >= 4 is 17.4 Å². The molecule has 0 radical (unpaired) electrons. The predicted octanol–water partition coefficient (Wildman–Crippen LogP) is 3.56. The first-order chi connectivity index (χ1) is 4.93. The molecular formula is C9H12S. The molecule has 0 aliphatic carbocycles. The molecule has 1 rings (SSSR count). The van der Waals surface area contributed by atoms with Crippen molar-refractivity contribution in [2.24, 2.45) is 0 Å². The van der Waals surface area contributed by atoms with Gasteiger partial charge in [0.25, 0.3) is 0 Å². The monoisotopic (exact) mass is 152 g/mol. The first-order valence-electron chi connectivity index (χ1n) is 3.63. The van der Waals surface area contributed by atoms with E-state index in [9.17, 15) is 0 Å². The van der Waals surface area contributed by atoms with Gasteiger partial charge in [-0.1, -0.05) is 25.5 Å². The Bertz CT molecular complexity index is 185. The molecule has 0 aliphatic rings. The molecule has 1 aromatic rings. The summed E-state index contributed by atoms with van der Waals surface area (Å²) in [5.41, 5.74) is 0. The van der Waals surface area contributed by atoms with Crippen LogP contribution in [-0.4, -0.2) is 0 Å². The van der Waals surface area contributed by atoms with Crippen molar-refractivity contribution in [3.63, 3.8) is 0 Å². The Labute approximate surface area is 66.2 Å². The maximum absolute atomic E-state index is 2.23. The number of thiophene rings is 1. The number of hydrogen-bond donors (Lipinski definition) is 0. The molecule has 0 N–H and O–H groups in total. The summed E-state index contributed by atoms with van der Waals surface area (Å²) in [7, 11) is 0. The van der Waals surface area contributed by atoms with E-state index >= 15 is 0 Å². The normalized spacial score (nSPS) is 10.9. The highest BCUT2D eigenvalue weighted by Gasteiger charge is 1.82. The average Bonchev–Trinajstić information content (AvgIpc) is 2.41. The summed E-state index contributed by atoms with van der Waals surface area (Å²) in [4.78, 5) is 1.36. The summed E-state index contributed by atoms with van der Waals surface area (Å²) >= 11 is 1.79. The number of unbranched alkanes of at least 4 members (excludes halogenated alkanes) is 1. The Morgan fingerprint density at radius 3 is 3.10 bits per heavy atom. The van der Waals surface area contributed by atoms with E-state index in [1.807, 2.05) is 0 Å². The Hall–Kier alpha value is -0.560. The summed E-state index contributed by atoms with van der Waals surface area (Å²) in [5.74, 6) is 0. The molecule has 0 spiro atoms. The van der Waals surface area contributed by atoms with Crippen molar-refractivity contribution in [3.05, 3.63) is 28.5 Å². The molecule has 1 aromatic heterocycles. The minimum atomic E-state index is 1.19. The summed E-state index contributed by atoms with van der Waals surface area (Å²) in [5, 5.41) is 2.10. The van der Waals surface area contributed by atoms with Gasteiger partial charge in [0.15, 0.2) is 0 Å². The van der Waals surface area contributed by atoms with Crippen molar-refractivity contribution in [1.82, 2.24) is 0 Å². The lowest BCUT2D eigenvalue weighted by Gasteiger charge is -1.82. The highest BCUT2D eigenvalue weighted by molar-refractivity contribution is 7.10. The lowest BCUT2D eigenvalue weighted by Crippen LogP contribution is -1.60. The molecule has 1 heterocycles. The van der Waals surface area contributed by atoms with Gasteiger partial charge in [-0.15, -0.1) is 11.3 Å². The number of hydrogen-bond acceptors (Lipinski definition) is 1. The van der Waals surface area contributed by atoms with Gasteiger partial charge in [0.1, 0.15) is 0 Å². The molecule has 1 heteroatoms. The van der Waals surface area contributed by atoms with Gasteiger partial charge in [-0.2, -0.15) is 0 Å². The summed E-state index contributed by atoms with van der Waals surface area (Å²) < 4.78 is 0. The molecule has 0 fully saturated rings. The zero-order valence-electron chi connectivity index (χ0n) is 6.21. The van der Waals surface area contributed by atoms with Crippen molar-refractivity contribution in [2.75, 3.05) is 0 Å². The van der Waals surface area contributed by atoms with E-state index in [0.29, 0.717) is 0 Å². The van der Waals surface area contributed by atoms with Crippen molar-refractivity contribution in [1.29, 1.82) is 0 Å². The fraction of sp³-hybridized carbons (Fsp3) is 0.333.